The highest BCUT2D eigenvalue weighted by Crippen LogP contribution is 2.38. The van der Waals surface area contributed by atoms with Gasteiger partial charge in [0.05, 0.1) is 27.3 Å². The summed E-state index contributed by atoms with van der Waals surface area (Å²) >= 11 is 3.96. The van der Waals surface area contributed by atoms with E-state index in [2.05, 4.69) is 32.3 Å². The fourth-order valence-corrected chi connectivity index (χ4v) is 4.98. The maximum Gasteiger partial charge on any atom is 0.415 e. The van der Waals surface area contributed by atoms with Crippen LogP contribution in [-0.2, 0) is 25.6 Å². The van der Waals surface area contributed by atoms with Gasteiger partial charge in [-0.3, -0.25) is 19.2 Å². The second kappa shape index (κ2) is 21.0. The van der Waals surface area contributed by atoms with Crippen molar-refractivity contribution >= 4 is 52.4 Å². The number of methoxy groups -OCH3 is 2. The van der Waals surface area contributed by atoms with Gasteiger partial charge in [-0.2, -0.15) is 0 Å². The largest absolute Gasteiger partial charge is 0.493 e. The summed E-state index contributed by atoms with van der Waals surface area (Å²) in [6.07, 6.45) is -0.171. The Morgan fingerprint density at radius 2 is 1.47 bits per heavy atom. The molecule has 16 heteroatoms. The van der Waals surface area contributed by atoms with Crippen molar-refractivity contribution in [3.63, 3.8) is 0 Å². The molecule has 0 aliphatic heterocycles. The number of nitrogens with one attached hydrogen (secondary N) is 4. The Morgan fingerprint density at radius 1 is 0.857 bits per heavy atom. The topological polar surface area (TPSA) is 168 Å². The van der Waals surface area contributed by atoms with Crippen LogP contribution in [0.4, 0.5) is 4.79 Å². The molecule has 0 aliphatic rings. The van der Waals surface area contributed by atoms with Gasteiger partial charge in [-0.15, -0.1) is 0 Å². The van der Waals surface area contributed by atoms with Gasteiger partial charge in [-0.25, -0.2) is 9.52 Å². The van der Waals surface area contributed by atoms with Crippen molar-refractivity contribution in [2.24, 2.45) is 5.92 Å². The van der Waals surface area contributed by atoms with Crippen molar-refractivity contribution in [3.05, 3.63) is 53.6 Å². The van der Waals surface area contributed by atoms with Crippen LogP contribution in [-0.4, -0.2) is 106 Å². The second-order valence-corrected chi connectivity index (χ2v) is 12.8. The third-order valence-electron chi connectivity index (χ3n) is 7.29. The number of likely N-dealkylation sites (N-methyl/N-ethyl adjacent to an activating group) is 2. The maximum absolute atomic E-state index is 13.4. The van der Waals surface area contributed by atoms with Gasteiger partial charge in [0, 0.05) is 33.6 Å². The lowest BCUT2D eigenvalue weighted by Crippen LogP contribution is -2.56. The molecule has 0 heterocycles. The number of carbonyl (C=O) groups is 5. The third kappa shape index (κ3) is 14.1. The molecule has 5 amide bonds. The summed E-state index contributed by atoms with van der Waals surface area (Å²) in [7, 11) is 6.97. The molecule has 0 bridgehead atoms. The predicted molar refractivity (Wildman–Crippen MR) is 192 cm³/mol. The van der Waals surface area contributed by atoms with E-state index in [4.69, 9.17) is 14.2 Å². The maximum atomic E-state index is 13.4. The van der Waals surface area contributed by atoms with E-state index in [9.17, 15) is 24.0 Å². The van der Waals surface area contributed by atoms with Crippen LogP contribution in [0.1, 0.15) is 31.4 Å². The van der Waals surface area contributed by atoms with Crippen LogP contribution in [0.15, 0.2) is 42.5 Å². The van der Waals surface area contributed by atoms with E-state index in [1.165, 1.54) is 31.1 Å². The first-order chi connectivity index (χ1) is 23.3. The van der Waals surface area contributed by atoms with E-state index in [0.717, 1.165) is 22.1 Å². The lowest BCUT2D eigenvalue weighted by atomic mass is 10.0. The summed E-state index contributed by atoms with van der Waals surface area (Å²) in [6.45, 7) is 5.55. The highest BCUT2D eigenvalue weighted by Gasteiger charge is 2.28. The molecule has 0 saturated heterocycles. The standard InChI is InChI=1S/C33H48N6O8S2/c1-21(2)15-24(37-32(43)25(36-28(40)19-35-49-48)18-23-11-9-8-10-12-23)31(42)34-20-29(41)38(4)13-14-39(5)33(44)47-30-26(45-6)16-22(3)17-27(30)46-7/h8-12,16-17,21,24-25,35,48H,13-15,18-20H2,1-7H3,(H,34,42)(H,36,40)(H,37,43). The smallest absolute Gasteiger partial charge is 0.415 e. The zero-order chi connectivity index (χ0) is 36.5. The van der Waals surface area contributed by atoms with Crippen LogP contribution >= 0.6 is 22.6 Å². The second-order valence-electron chi connectivity index (χ2n) is 11.7. The van der Waals surface area contributed by atoms with E-state index < -0.39 is 41.8 Å². The zero-order valence-electron chi connectivity index (χ0n) is 29.0. The van der Waals surface area contributed by atoms with E-state index in [1.807, 2.05) is 51.1 Å². The number of hydrogen-bond acceptors (Lipinski definition) is 11. The van der Waals surface area contributed by atoms with Crippen molar-refractivity contribution in [2.75, 3.05) is 54.5 Å². The lowest BCUT2D eigenvalue weighted by molar-refractivity contribution is -0.134. The van der Waals surface area contributed by atoms with Crippen LogP contribution in [0, 0.1) is 12.8 Å². The third-order valence-corrected chi connectivity index (χ3v) is 7.95. The first-order valence-electron chi connectivity index (χ1n) is 15.6. The first-order valence-corrected chi connectivity index (χ1v) is 17.5. The van der Waals surface area contributed by atoms with Crippen LogP contribution in [0.5, 0.6) is 17.2 Å². The Kier molecular flexibility index (Phi) is 17.6. The number of benzene rings is 2. The highest BCUT2D eigenvalue weighted by atomic mass is 33.1. The van der Waals surface area contributed by atoms with E-state index in [1.54, 1.807) is 19.2 Å². The number of rotatable bonds is 19. The minimum Gasteiger partial charge on any atom is -0.493 e. The fourth-order valence-electron chi connectivity index (χ4n) is 4.59. The Hall–Kier alpha value is -4.15. The Balaban J connectivity index is 1.98. The quantitative estimate of drug-likeness (QED) is 0.0826. The number of amides is 5. The molecular weight excluding hydrogens is 673 g/mol. The molecule has 0 radical (unpaired) electrons. The van der Waals surface area contributed by atoms with E-state index >= 15 is 0 Å². The minimum atomic E-state index is -0.955. The molecule has 2 atom stereocenters. The molecule has 0 aliphatic carbocycles. The predicted octanol–water partition coefficient (Wildman–Crippen LogP) is 2.36. The fraction of sp³-hybridized carbons (Fsp3) is 0.485. The van der Waals surface area contributed by atoms with Crippen molar-refractivity contribution in [1.82, 2.24) is 30.5 Å². The number of thiol groups is 1. The molecule has 0 saturated carbocycles. The molecule has 4 N–H and O–H groups in total. The van der Waals surface area contributed by atoms with Gasteiger partial charge in [-0.1, -0.05) is 55.8 Å². The Bertz CT molecular complexity index is 1390. The molecule has 2 aromatic rings. The summed E-state index contributed by atoms with van der Waals surface area (Å²) < 4.78 is 18.9. The summed E-state index contributed by atoms with van der Waals surface area (Å²) in [5.41, 5.74) is 1.69. The summed E-state index contributed by atoms with van der Waals surface area (Å²) in [5, 5.41) is 8.10. The number of carbonyl (C=O) groups excluding carboxylic acids is 5. The van der Waals surface area contributed by atoms with Crippen molar-refractivity contribution < 1.29 is 38.2 Å². The summed E-state index contributed by atoms with van der Waals surface area (Å²) in [6, 6.07) is 10.7. The van der Waals surface area contributed by atoms with Crippen LogP contribution < -0.4 is 34.9 Å². The molecule has 49 heavy (non-hydrogen) atoms. The molecular formula is C33H48N6O8S2. The van der Waals surface area contributed by atoms with Crippen molar-refractivity contribution in [1.29, 1.82) is 0 Å². The van der Waals surface area contributed by atoms with Crippen LogP contribution in [0.3, 0.4) is 0 Å². The summed E-state index contributed by atoms with van der Waals surface area (Å²) in [5.74, 6) is -1.04. The van der Waals surface area contributed by atoms with Gasteiger partial charge < -0.3 is 40.0 Å². The van der Waals surface area contributed by atoms with Gasteiger partial charge >= 0.3 is 6.09 Å². The van der Waals surface area contributed by atoms with Gasteiger partial charge in [0.2, 0.25) is 29.4 Å². The normalized spacial score (nSPS) is 11.9. The number of ether oxygens (including phenoxy) is 3. The van der Waals surface area contributed by atoms with Crippen molar-refractivity contribution in [2.45, 2.75) is 45.7 Å². The van der Waals surface area contributed by atoms with Gasteiger partial charge in [0.15, 0.2) is 11.5 Å². The molecule has 0 aromatic heterocycles. The molecule has 270 valence electrons. The number of hydrogen-bond donors (Lipinski definition) is 5. The monoisotopic (exact) mass is 720 g/mol. The van der Waals surface area contributed by atoms with Crippen molar-refractivity contribution in [3.8, 4) is 17.2 Å². The number of nitrogens with zero attached hydrogens (tertiary/aromatic N) is 2. The van der Waals surface area contributed by atoms with Crippen LogP contribution in [0.2, 0.25) is 0 Å². The molecule has 0 fully saturated rings. The molecule has 0 spiro atoms. The van der Waals surface area contributed by atoms with Gasteiger partial charge in [0.1, 0.15) is 12.1 Å². The minimum absolute atomic E-state index is 0.0309. The Morgan fingerprint density at radius 3 is 2.04 bits per heavy atom. The highest BCUT2D eigenvalue weighted by molar-refractivity contribution is 8.67. The van der Waals surface area contributed by atoms with Gasteiger partial charge in [0.25, 0.3) is 0 Å². The molecule has 14 nitrogen and oxygen atoms in total. The lowest BCUT2D eigenvalue weighted by Gasteiger charge is -2.25. The average Bonchev–Trinajstić information content (AvgIpc) is 3.08. The first kappa shape index (κ1) is 41.0. The zero-order valence-corrected chi connectivity index (χ0v) is 30.7. The molecule has 2 rings (SSSR count). The number of aryl methyl sites for hydroxylation is 1. The van der Waals surface area contributed by atoms with Crippen LogP contribution in [0.25, 0.3) is 0 Å². The summed E-state index contributed by atoms with van der Waals surface area (Å²) in [4.78, 5) is 67.5. The molecule has 2 unspecified atom stereocenters. The molecule has 2 aromatic carbocycles. The Labute approximate surface area is 297 Å². The average molecular weight is 721 g/mol. The SMILES string of the molecule is COc1cc(C)cc(OC)c1OC(=O)N(C)CCN(C)C(=O)CNC(=O)C(CC(C)C)NC(=O)C(Cc1ccccc1)NC(=O)CNSS. The van der Waals surface area contributed by atoms with E-state index in [-0.39, 0.29) is 44.3 Å². The van der Waals surface area contributed by atoms with E-state index in [0.29, 0.717) is 17.9 Å². The van der Waals surface area contributed by atoms with Gasteiger partial charge in [-0.05, 0) is 53.5 Å².